The third-order valence-electron chi connectivity index (χ3n) is 2.78. The van der Waals surface area contributed by atoms with E-state index in [2.05, 4.69) is 5.10 Å². The summed E-state index contributed by atoms with van der Waals surface area (Å²) in [5, 5.41) is 13.3. The molecule has 0 saturated carbocycles. The van der Waals surface area contributed by atoms with Gasteiger partial charge in [-0.05, 0) is 25.5 Å². The molecular formula is C10H19N3O. The average Bonchev–Trinajstić information content (AvgIpc) is 2.61. The molecule has 80 valence electrons. The van der Waals surface area contributed by atoms with Crippen LogP contribution in [-0.2, 0) is 13.5 Å². The highest BCUT2D eigenvalue weighted by Crippen LogP contribution is 2.21. The van der Waals surface area contributed by atoms with Crippen molar-refractivity contribution in [1.82, 2.24) is 9.78 Å². The second-order valence-electron chi connectivity index (χ2n) is 4.12. The van der Waals surface area contributed by atoms with Crippen molar-refractivity contribution >= 4 is 0 Å². The summed E-state index contributed by atoms with van der Waals surface area (Å²) in [4.78, 5) is 0. The summed E-state index contributed by atoms with van der Waals surface area (Å²) >= 11 is 0. The van der Waals surface area contributed by atoms with Gasteiger partial charge in [-0.25, -0.2) is 0 Å². The molecule has 1 aromatic heterocycles. The van der Waals surface area contributed by atoms with E-state index in [0.29, 0.717) is 6.54 Å². The Hall–Kier alpha value is -0.870. The number of rotatable bonds is 5. The van der Waals surface area contributed by atoms with Gasteiger partial charge in [0.15, 0.2) is 0 Å². The van der Waals surface area contributed by atoms with E-state index in [1.807, 2.05) is 24.7 Å². The second kappa shape index (κ2) is 4.57. The van der Waals surface area contributed by atoms with Crippen molar-refractivity contribution in [2.75, 3.05) is 13.2 Å². The Bertz CT molecular complexity index is 279. The summed E-state index contributed by atoms with van der Waals surface area (Å²) in [5.41, 5.74) is 6.63. The molecule has 3 N–H and O–H groups in total. The molecule has 0 saturated heterocycles. The Kier molecular flexibility index (Phi) is 3.66. The number of aliphatic hydroxyl groups excluding tert-OH is 1. The maximum Gasteiger partial charge on any atom is 0.0496 e. The molecule has 0 aliphatic rings. The Morgan fingerprint density at radius 2 is 2.36 bits per heavy atom. The first-order chi connectivity index (χ1) is 6.61. The highest BCUT2D eigenvalue weighted by atomic mass is 16.3. The zero-order chi connectivity index (χ0) is 10.6. The quantitative estimate of drug-likeness (QED) is 0.714. The molecule has 4 nitrogen and oxygen atoms in total. The molecule has 4 heteroatoms. The second-order valence-corrected chi connectivity index (χ2v) is 4.12. The van der Waals surface area contributed by atoms with Gasteiger partial charge in [-0.2, -0.15) is 5.10 Å². The average molecular weight is 197 g/mol. The largest absolute Gasteiger partial charge is 0.396 e. The molecule has 0 bridgehead atoms. The maximum atomic E-state index is 9.18. The molecule has 0 aromatic carbocycles. The molecular weight excluding hydrogens is 178 g/mol. The summed E-state index contributed by atoms with van der Waals surface area (Å²) < 4.78 is 1.86. The summed E-state index contributed by atoms with van der Waals surface area (Å²) in [5.74, 6) is 0. The molecule has 1 unspecified atom stereocenters. The summed E-state index contributed by atoms with van der Waals surface area (Å²) in [6, 6.07) is 1.99. The lowest BCUT2D eigenvalue weighted by Crippen LogP contribution is -2.31. The fourth-order valence-corrected chi connectivity index (χ4v) is 1.32. The van der Waals surface area contributed by atoms with Crippen LogP contribution in [0.3, 0.4) is 0 Å². The number of aryl methyl sites for hydroxylation is 2. The Balaban J connectivity index is 2.52. The fourth-order valence-electron chi connectivity index (χ4n) is 1.32. The van der Waals surface area contributed by atoms with Crippen molar-refractivity contribution in [2.24, 2.45) is 18.2 Å². The van der Waals surface area contributed by atoms with Crippen LogP contribution in [0.25, 0.3) is 0 Å². The van der Waals surface area contributed by atoms with Crippen molar-refractivity contribution in [3.8, 4) is 0 Å². The number of nitrogens with two attached hydrogens (primary N) is 1. The van der Waals surface area contributed by atoms with E-state index in [1.54, 1.807) is 6.20 Å². The van der Waals surface area contributed by atoms with Crippen molar-refractivity contribution in [1.29, 1.82) is 0 Å². The van der Waals surface area contributed by atoms with Crippen LogP contribution in [0.4, 0.5) is 0 Å². The predicted molar refractivity (Wildman–Crippen MR) is 55.8 cm³/mol. The van der Waals surface area contributed by atoms with Gasteiger partial charge in [0, 0.05) is 31.0 Å². The summed E-state index contributed by atoms with van der Waals surface area (Å²) in [6.07, 6.45) is 3.58. The summed E-state index contributed by atoms with van der Waals surface area (Å²) in [6.45, 7) is 2.66. The van der Waals surface area contributed by atoms with Gasteiger partial charge in [-0.15, -0.1) is 0 Å². The van der Waals surface area contributed by atoms with E-state index in [9.17, 15) is 5.11 Å². The zero-order valence-electron chi connectivity index (χ0n) is 8.90. The van der Waals surface area contributed by atoms with Gasteiger partial charge in [0.25, 0.3) is 0 Å². The van der Waals surface area contributed by atoms with E-state index in [-0.39, 0.29) is 12.0 Å². The molecule has 14 heavy (non-hydrogen) atoms. The van der Waals surface area contributed by atoms with Crippen LogP contribution in [0.15, 0.2) is 12.3 Å². The predicted octanol–water partition coefficient (Wildman–Crippen LogP) is 0.310. The minimum Gasteiger partial charge on any atom is -0.396 e. The molecule has 0 spiro atoms. The van der Waals surface area contributed by atoms with Gasteiger partial charge >= 0.3 is 0 Å². The van der Waals surface area contributed by atoms with Gasteiger partial charge in [-0.3, -0.25) is 4.68 Å². The number of nitrogens with zero attached hydrogens (tertiary/aromatic N) is 2. The molecule has 1 rings (SSSR count). The highest BCUT2D eigenvalue weighted by molar-refractivity contribution is 5.00. The lowest BCUT2D eigenvalue weighted by Gasteiger charge is -2.24. The molecule has 0 aliphatic carbocycles. The topological polar surface area (TPSA) is 64.1 Å². The van der Waals surface area contributed by atoms with Crippen LogP contribution >= 0.6 is 0 Å². The molecule has 0 fully saturated rings. The van der Waals surface area contributed by atoms with Crippen molar-refractivity contribution in [3.05, 3.63) is 18.0 Å². The van der Waals surface area contributed by atoms with E-state index in [0.717, 1.165) is 12.8 Å². The Labute approximate surface area is 84.7 Å². The molecule has 1 aromatic rings. The first kappa shape index (κ1) is 11.2. The third kappa shape index (κ3) is 2.56. The number of hydrogen-bond acceptors (Lipinski definition) is 3. The van der Waals surface area contributed by atoms with Gasteiger partial charge in [0.1, 0.15) is 0 Å². The normalized spacial score (nSPS) is 15.4. The number of hydrogen-bond donors (Lipinski definition) is 2. The Morgan fingerprint density at radius 3 is 2.79 bits per heavy atom. The first-order valence-electron chi connectivity index (χ1n) is 4.89. The minimum absolute atomic E-state index is 0.140. The van der Waals surface area contributed by atoms with E-state index >= 15 is 0 Å². The van der Waals surface area contributed by atoms with Crippen LogP contribution in [0.5, 0.6) is 0 Å². The smallest absolute Gasteiger partial charge is 0.0496 e. The lowest BCUT2D eigenvalue weighted by atomic mass is 9.86. The van der Waals surface area contributed by atoms with Gasteiger partial charge in [0.05, 0.1) is 0 Å². The maximum absolute atomic E-state index is 9.18. The van der Waals surface area contributed by atoms with Gasteiger partial charge < -0.3 is 10.8 Å². The zero-order valence-corrected chi connectivity index (χ0v) is 8.90. The van der Waals surface area contributed by atoms with Crippen molar-refractivity contribution in [2.45, 2.75) is 19.8 Å². The molecule has 0 aliphatic heterocycles. The SMILES string of the molecule is Cn1nccc1CCC(C)(CN)CO. The standard InChI is InChI=1S/C10H19N3O/c1-10(7-11,8-14)5-3-9-4-6-12-13(9)2/h4,6,14H,3,5,7-8,11H2,1-2H3. The molecule has 0 amide bonds. The molecule has 0 radical (unpaired) electrons. The highest BCUT2D eigenvalue weighted by Gasteiger charge is 2.21. The monoisotopic (exact) mass is 197 g/mol. The van der Waals surface area contributed by atoms with Crippen LogP contribution in [-0.4, -0.2) is 28.0 Å². The van der Waals surface area contributed by atoms with Crippen molar-refractivity contribution < 1.29 is 5.11 Å². The lowest BCUT2D eigenvalue weighted by molar-refractivity contribution is 0.140. The Morgan fingerprint density at radius 1 is 1.64 bits per heavy atom. The van der Waals surface area contributed by atoms with Crippen LogP contribution in [0.1, 0.15) is 19.0 Å². The first-order valence-corrected chi connectivity index (χ1v) is 4.89. The van der Waals surface area contributed by atoms with Gasteiger partial charge in [0.2, 0.25) is 0 Å². The van der Waals surface area contributed by atoms with Crippen LogP contribution in [0.2, 0.25) is 0 Å². The van der Waals surface area contributed by atoms with E-state index < -0.39 is 0 Å². The van der Waals surface area contributed by atoms with Gasteiger partial charge in [-0.1, -0.05) is 6.92 Å². The van der Waals surface area contributed by atoms with Crippen molar-refractivity contribution in [3.63, 3.8) is 0 Å². The molecule has 1 heterocycles. The van der Waals surface area contributed by atoms with E-state index in [4.69, 9.17) is 5.73 Å². The molecule has 1 atom stereocenters. The summed E-state index contributed by atoms with van der Waals surface area (Å²) in [7, 11) is 1.92. The third-order valence-corrected chi connectivity index (χ3v) is 2.78. The van der Waals surface area contributed by atoms with Crippen LogP contribution in [0, 0.1) is 5.41 Å². The minimum atomic E-state index is -0.162. The number of aromatic nitrogens is 2. The fraction of sp³-hybridized carbons (Fsp3) is 0.700. The number of aliphatic hydroxyl groups is 1. The van der Waals surface area contributed by atoms with Crippen LogP contribution < -0.4 is 5.73 Å². The van der Waals surface area contributed by atoms with E-state index in [1.165, 1.54) is 5.69 Å².